The minimum absolute atomic E-state index is 0.123. The van der Waals surface area contributed by atoms with Crippen LogP contribution in [0.4, 0.5) is 5.82 Å². The number of aryl methyl sites for hydroxylation is 1. The van der Waals surface area contributed by atoms with Crippen molar-refractivity contribution in [2.75, 3.05) is 18.0 Å². The highest BCUT2D eigenvalue weighted by atomic mass is 35.5. The molecule has 2 aromatic heterocycles. The summed E-state index contributed by atoms with van der Waals surface area (Å²) in [4.78, 5) is 23.9. The lowest BCUT2D eigenvalue weighted by atomic mass is 10.2. The topological polar surface area (TPSA) is 72.1 Å². The highest BCUT2D eigenvalue weighted by Crippen LogP contribution is 2.32. The average molecular weight is 327 g/mol. The van der Waals surface area contributed by atoms with Gasteiger partial charge in [0.05, 0.1) is 11.9 Å². The van der Waals surface area contributed by atoms with Gasteiger partial charge in [0.2, 0.25) is 11.2 Å². The maximum absolute atomic E-state index is 11.4. The van der Waals surface area contributed by atoms with Gasteiger partial charge in [0, 0.05) is 11.4 Å². The number of aromatic nitrogens is 2. The van der Waals surface area contributed by atoms with E-state index in [-0.39, 0.29) is 17.7 Å². The van der Waals surface area contributed by atoms with Crippen molar-refractivity contribution in [3.8, 4) is 0 Å². The second-order valence-corrected chi connectivity index (χ2v) is 6.80. The Morgan fingerprint density at radius 1 is 1.48 bits per heavy atom. The molecule has 0 unspecified atom stereocenters. The van der Waals surface area contributed by atoms with Crippen molar-refractivity contribution < 1.29 is 4.79 Å². The lowest BCUT2D eigenvalue weighted by Crippen LogP contribution is -2.37. The molecule has 2 N–H and O–H groups in total. The van der Waals surface area contributed by atoms with Crippen LogP contribution in [0.3, 0.4) is 0 Å². The van der Waals surface area contributed by atoms with Gasteiger partial charge in [-0.05, 0) is 30.0 Å². The van der Waals surface area contributed by atoms with Gasteiger partial charge in [-0.2, -0.15) is 4.98 Å². The Bertz CT molecular complexity index is 656. The van der Waals surface area contributed by atoms with Crippen LogP contribution in [0, 0.1) is 5.92 Å². The molecule has 2 heterocycles. The van der Waals surface area contributed by atoms with Crippen LogP contribution < -0.4 is 10.6 Å². The number of nitrogens with two attached hydrogens (primary N) is 1. The van der Waals surface area contributed by atoms with Gasteiger partial charge in [-0.25, -0.2) is 4.98 Å². The molecule has 5 nitrogen and oxygen atoms in total. The molecule has 0 spiro atoms. The van der Waals surface area contributed by atoms with Gasteiger partial charge in [0.1, 0.15) is 10.6 Å². The lowest BCUT2D eigenvalue weighted by molar-refractivity contribution is -0.116. The van der Waals surface area contributed by atoms with E-state index in [0.717, 1.165) is 16.6 Å². The zero-order valence-electron chi connectivity index (χ0n) is 12.4. The normalized spacial score (nSPS) is 11.3. The molecule has 0 aromatic carbocycles. The zero-order chi connectivity index (χ0) is 15.6. The Morgan fingerprint density at radius 3 is 2.76 bits per heavy atom. The van der Waals surface area contributed by atoms with Gasteiger partial charge < -0.3 is 10.6 Å². The van der Waals surface area contributed by atoms with Crippen molar-refractivity contribution in [1.29, 1.82) is 0 Å². The minimum Gasteiger partial charge on any atom is -0.368 e. The molecule has 0 bridgehead atoms. The number of hydrogen-bond donors (Lipinski definition) is 1. The quantitative estimate of drug-likeness (QED) is 0.828. The fraction of sp³-hybridized carbons (Fsp3) is 0.500. The number of halogens is 1. The molecule has 0 radical (unpaired) electrons. The lowest BCUT2D eigenvalue weighted by Gasteiger charge is -2.24. The number of fused-ring (bicyclic) bond motifs is 1. The average Bonchev–Trinajstić information content (AvgIpc) is 2.78. The molecule has 21 heavy (non-hydrogen) atoms. The van der Waals surface area contributed by atoms with Crippen LogP contribution in [-0.4, -0.2) is 29.0 Å². The van der Waals surface area contributed by atoms with Crippen molar-refractivity contribution in [2.24, 2.45) is 11.7 Å². The third kappa shape index (κ3) is 3.83. The molecule has 2 aromatic rings. The van der Waals surface area contributed by atoms with Crippen LogP contribution in [0.1, 0.15) is 25.6 Å². The number of nitrogens with zero attached hydrogens (tertiary/aromatic N) is 3. The van der Waals surface area contributed by atoms with E-state index in [2.05, 4.69) is 36.8 Å². The van der Waals surface area contributed by atoms with E-state index in [0.29, 0.717) is 18.3 Å². The van der Waals surface area contributed by atoms with E-state index in [1.54, 1.807) is 11.3 Å². The molecule has 2 rings (SSSR count). The molecule has 0 saturated carbocycles. The molecule has 7 heteroatoms. The number of amides is 1. The molecule has 0 aliphatic heterocycles. The summed E-state index contributed by atoms with van der Waals surface area (Å²) in [6.45, 7) is 7.06. The molecule has 0 aliphatic rings. The molecular formula is C14H19ClN4OS. The smallest absolute Gasteiger partial charge is 0.236 e. The summed E-state index contributed by atoms with van der Waals surface area (Å²) in [7, 11) is 0. The number of anilines is 1. The molecule has 0 saturated heterocycles. The third-order valence-electron chi connectivity index (χ3n) is 2.98. The van der Waals surface area contributed by atoms with Crippen LogP contribution in [0.5, 0.6) is 0 Å². The Hall–Kier alpha value is -1.40. The maximum atomic E-state index is 11.4. The van der Waals surface area contributed by atoms with Gasteiger partial charge in [-0.15, -0.1) is 11.3 Å². The second kappa shape index (κ2) is 6.58. The van der Waals surface area contributed by atoms with Crippen LogP contribution in [0.25, 0.3) is 10.2 Å². The zero-order valence-corrected chi connectivity index (χ0v) is 14.0. The highest BCUT2D eigenvalue weighted by Gasteiger charge is 2.19. The van der Waals surface area contributed by atoms with E-state index in [1.807, 2.05) is 4.90 Å². The number of primary amides is 1. The first kappa shape index (κ1) is 16.0. The van der Waals surface area contributed by atoms with Crippen LogP contribution in [-0.2, 0) is 11.2 Å². The van der Waals surface area contributed by atoms with Gasteiger partial charge in [-0.3, -0.25) is 4.79 Å². The first-order valence-corrected chi connectivity index (χ1v) is 8.09. The number of thiophene rings is 1. The summed E-state index contributed by atoms with van der Waals surface area (Å²) >= 11 is 7.64. The standard InChI is InChI=1S/C14H19ClN4OS/c1-4-9-5-10-12(17-14(15)18-13(10)21-9)19(6-8(2)3)7-11(16)20/h5,8H,4,6-7H2,1-3H3,(H2,16,20). The van der Waals surface area contributed by atoms with Crippen LogP contribution >= 0.6 is 22.9 Å². The summed E-state index contributed by atoms with van der Waals surface area (Å²) in [5.41, 5.74) is 5.37. The highest BCUT2D eigenvalue weighted by molar-refractivity contribution is 7.18. The number of hydrogen-bond acceptors (Lipinski definition) is 5. The van der Waals surface area contributed by atoms with E-state index in [1.165, 1.54) is 4.88 Å². The van der Waals surface area contributed by atoms with Crippen molar-refractivity contribution in [1.82, 2.24) is 9.97 Å². The largest absolute Gasteiger partial charge is 0.368 e. The molecule has 0 aliphatic carbocycles. The predicted molar refractivity (Wildman–Crippen MR) is 88.0 cm³/mol. The van der Waals surface area contributed by atoms with Crippen molar-refractivity contribution in [3.63, 3.8) is 0 Å². The van der Waals surface area contributed by atoms with Crippen molar-refractivity contribution >= 4 is 44.9 Å². The summed E-state index contributed by atoms with van der Waals surface area (Å²) in [5.74, 6) is 0.676. The summed E-state index contributed by atoms with van der Waals surface area (Å²) in [6.07, 6.45) is 0.929. The van der Waals surface area contributed by atoms with Crippen LogP contribution in [0.15, 0.2) is 6.07 Å². The van der Waals surface area contributed by atoms with Crippen LogP contribution in [0.2, 0.25) is 5.28 Å². The Labute approximate surface area is 133 Å². The first-order chi connectivity index (χ1) is 9.90. The second-order valence-electron chi connectivity index (χ2n) is 5.34. The fourth-order valence-corrected chi connectivity index (χ4v) is 3.38. The molecule has 0 fully saturated rings. The van der Waals surface area contributed by atoms with Crippen molar-refractivity contribution in [2.45, 2.75) is 27.2 Å². The Kier molecular flexibility index (Phi) is 5.00. The molecule has 114 valence electrons. The molecule has 1 amide bonds. The van der Waals surface area contributed by atoms with E-state index >= 15 is 0 Å². The van der Waals surface area contributed by atoms with E-state index in [4.69, 9.17) is 17.3 Å². The van der Waals surface area contributed by atoms with Gasteiger partial charge >= 0.3 is 0 Å². The van der Waals surface area contributed by atoms with E-state index < -0.39 is 0 Å². The monoisotopic (exact) mass is 326 g/mol. The van der Waals surface area contributed by atoms with Gasteiger partial charge in [0.25, 0.3) is 0 Å². The summed E-state index contributed by atoms with van der Waals surface area (Å²) < 4.78 is 0. The fourth-order valence-electron chi connectivity index (χ4n) is 2.20. The summed E-state index contributed by atoms with van der Waals surface area (Å²) in [5, 5.41) is 1.13. The number of carbonyl (C=O) groups is 1. The first-order valence-electron chi connectivity index (χ1n) is 6.90. The predicted octanol–water partition coefficient (Wildman–Crippen LogP) is 2.85. The Morgan fingerprint density at radius 2 is 2.19 bits per heavy atom. The van der Waals surface area contributed by atoms with Crippen molar-refractivity contribution in [3.05, 3.63) is 16.2 Å². The van der Waals surface area contributed by atoms with Gasteiger partial charge in [-0.1, -0.05) is 20.8 Å². The summed E-state index contributed by atoms with van der Waals surface area (Å²) in [6, 6.07) is 2.07. The number of carbonyl (C=O) groups excluding carboxylic acids is 1. The molecule has 0 atom stereocenters. The maximum Gasteiger partial charge on any atom is 0.236 e. The SMILES string of the molecule is CCc1cc2c(N(CC(N)=O)CC(C)C)nc(Cl)nc2s1. The Balaban J connectivity index is 2.54. The minimum atomic E-state index is -0.385. The van der Waals surface area contributed by atoms with Gasteiger partial charge in [0.15, 0.2) is 0 Å². The third-order valence-corrected chi connectivity index (χ3v) is 4.32. The van der Waals surface area contributed by atoms with E-state index in [9.17, 15) is 4.79 Å². The number of rotatable bonds is 6. The molecular weight excluding hydrogens is 308 g/mol.